The molecule has 13 nitrogen and oxygen atoms in total. The van der Waals surface area contributed by atoms with Gasteiger partial charge in [-0.25, -0.2) is 9.78 Å². The van der Waals surface area contributed by atoms with E-state index >= 15 is 0 Å². The number of likely N-dealkylation sites (tertiary alicyclic amines) is 1. The molecule has 2 aromatic carbocycles. The molecule has 58 heavy (non-hydrogen) atoms. The van der Waals surface area contributed by atoms with Crippen LogP contribution in [0.15, 0.2) is 67.1 Å². The number of carbonyl (C=O) groups is 3. The summed E-state index contributed by atoms with van der Waals surface area (Å²) in [5.41, 5.74) is 0.222. The molecule has 302 valence electrons. The van der Waals surface area contributed by atoms with Gasteiger partial charge in [0.2, 0.25) is 5.91 Å². The Morgan fingerprint density at radius 1 is 0.948 bits per heavy atom. The third-order valence-electron chi connectivity index (χ3n) is 12.3. The highest BCUT2D eigenvalue weighted by molar-refractivity contribution is 6.11. The van der Waals surface area contributed by atoms with Gasteiger partial charge in [0.25, 0.3) is 5.91 Å². The number of carbonyl (C=O) groups excluding carboxylic acids is 3. The van der Waals surface area contributed by atoms with Gasteiger partial charge < -0.3 is 15.3 Å². The molecule has 3 aromatic heterocycles. The number of alkyl halides is 3. The number of pyridine rings is 2. The van der Waals surface area contributed by atoms with Gasteiger partial charge in [-0.3, -0.25) is 34.4 Å². The van der Waals surface area contributed by atoms with E-state index in [1.165, 1.54) is 6.07 Å². The van der Waals surface area contributed by atoms with Crippen LogP contribution in [0.2, 0.25) is 0 Å². The molecule has 4 aliphatic rings. The highest BCUT2D eigenvalue weighted by Crippen LogP contribution is 2.42. The molecule has 6 heterocycles. The Morgan fingerprint density at radius 3 is 2.47 bits per heavy atom. The zero-order valence-corrected chi connectivity index (χ0v) is 32.2. The number of amides is 4. The molecule has 5 aromatic rings. The molecule has 0 radical (unpaired) electrons. The Hall–Kier alpha value is -5.61. The largest absolute Gasteiger partial charge is 0.433 e. The van der Waals surface area contributed by atoms with Crippen molar-refractivity contribution in [2.45, 2.75) is 82.3 Å². The van der Waals surface area contributed by atoms with Gasteiger partial charge in [-0.15, -0.1) is 0 Å². The van der Waals surface area contributed by atoms with Crippen molar-refractivity contribution in [2.24, 2.45) is 5.92 Å². The van der Waals surface area contributed by atoms with Crippen LogP contribution in [-0.2, 0) is 16.6 Å². The number of anilines is 3. The van der Waals surface area contributed by atoms with Crippen molar-refractivity contribution in [2.75, 3.05) is 41.3 Å². The standard InChI is InChI=1S/C42H44F3N9O4/c1-41(2,58)31-17-33-25(15-34(31)48-39(56)32-6-4-8-37(47-32)42(43,44)45)21-54(50-33)26-11-9-24(10-12-26)20-51-22-28-16-27(51)23-53(28)35-7-3-5-29-30(35)18-46-19-36(29)52-14-13-38(55)49-40(52)57/h3-8,15,17-19,21,24,26-28,58H,9-14,16,20,22-23H2,1-2H3,(H,48,56)(H,49,55,57)/t24-,26-,27-,28-/m0/s1. The monoisotopic (exact) mass is 795 g/mol. The molecular formula is C42H44F3N9O4. The molecule has 16 heteroatoms. The summed E-state index contributed by atoms with van der Waals surface area (Å²) in [4.78, 5) is 52.3. The molecule has 3 aliphatic heterocycles. The summed E-state index contributed by atoms with van der Waals surface area (Å²) >= 11 is 0. The number of urea groups is 1. The summed E-state index contributed by atoms with van der Waals surface area (Å²) in [5.74, 6) is -0.517. The maximum absolute atomic E-state index is 13.3. The maximum Gasteiger partial charge on any atom is 0.433 e. The van der Waals surface area contributed by atoms with Gasteiger partial charge in [-0.2, -0.15) is 18.3 Å². The predicted molar refractivity (Wildman–Crippen MR) is 212 cm³/mol. The minimum atomic E-state index is -4.69. The maximum atomic E-state index is 13.3. The number of fused-ring (bicyclic) bond motifs is 4. The lowest BCUT2D eigenvalue weighted by Crippen LogP contribution is -2.49. The number of halogens is 3. The molecule has 3 N–H and O–H groups in total. The van der Waals surface area contributed by atoms with Crippen LogP contribution in [0.25, 0.3) is 21.7 Å². The van der Waals surface area contributed by atoms with Gasteiger partial charge in [0.1, 0.15) is 11.4 Å². The molecular weight excluding hydrogens is 752 g/mol. The summed E-state index contributed by atoms with van der Waals surface area (Å²) in [6.45, 7) is 6.44. The lowest BCUT2D eigenvalue weighted by molar-refractivity contribution is -0.141. The fourth-order valence-electron chi connectivity index (χ4n) is 9.41. The number of nitrogens with one attached hydrogen (secondary N) is 2. The van der Waals surface area contributed by atoms with Gasteiger partial charge in [0.05, 0.1) is 29.0 Å². The number of hydrogen-bond donors (Lipinski definition) is 3. The zero-order chi connectivity index (χ0) is 40.5. The molecule has 0 unspecified atom stereocenters. The molecule has 2 bridgehead atoms. The van der Waals surface area contributed by atoms with Gasteiger partial charge >= 0.3 is 12.2 Å². The minimum Gasteiger partial charge on any atom is -0.386 e. The lowest BCUT2D eigenvalue weighted by atomic mass is 9.85. The normalized spacial score (nSPS) is 22.9. The third kappa shape index (κ3) is 7.12. The summed E-state index contributed by atoms with van der Waals surface area (Å²) in [5, 5.41) is 23.7. The summed E-state index contributed by atoms with van der Waals surface area (Å²) < 4.78 is 41.8. The van der Waals surface area contributed by atoms with Crippen molar-refractivity contribution in [3.05, 3.63) is 84.1 Å². The summed E-state index contributed by atoms with van der Waals surface area (Å²) in [7, 11) is 0. The minimum absolute atomic E-state index is 0.188. The summed E-state index contributed by atoms with van der Waals surface area (Å²) in [6.07, 6.45) is 6.21. The molecule has 0 spiro atoms. The van der Waals surface area contributed by atoms with Crippen LogP contribution in [0.4, 0.5) is 35.0 Å². The van der Waals surface area contributed by atoms with Gasteiger partial charge in [0.15, 0.2) is 0 Å². The van der Waals surface area contributed by atoms with Gasteiger partial charge in [-0.05, 0) is 82.2 Å². The van der Waals surface area contributed by atoms with Crippen molar-refractivity contribution < 1.29 is 32.7 Å². The second-order valence-corrected chi connectivity index (χ2v) is 16.6. The first kappa shape index (κ1) is 37.9. The number of nitrogens with zero attached hydrogens (tertiary/aromatic N) is 7. The van der Waals surface area contributed by atoms with Gasteiger partial charge in [0, 0.05) is 90.2 Å². The fourth-order valence-corrected chi connectivity index (χ4v) is 9.41. The molecule has 4 fully saturated rings. The van der Waals surface area contributed by atoms with Crippen LogP contribution < -0.4 is 20.4 Å². The number of hydrogen-bond acceptors (Lipinski definition) is 9. The Kier molecular flexibility index (Phi) is 9.38. The average Bonchev–Trinajstić information content (AvgIpc) is 3.92. The van der Waals surface area contributed by atoms with Crippen LogP contribution in [-0.4, -0.2) is 85.9 Å². The molecule has 1 aliphatic carbocycles. The first-order valence-electron chi connectivity index (χ1n) is 19.8. The van der Waals surface area contributed by atoms with Crippen LogP contribution in [0.1, 0.15) is 80.2 Å². The van der Waals surface area contributed by atoms with E-state index in [-0.39, 0.29) is 29.8 Å². The number of rotatable bonds is 8. The highest BCUT2D eigenvalue weighted by atomic mass is 19.4. The smallest absolute Gasteiger partial charge is 0.386 e. The van der Waals surface area contributed by atoms with Crippen molar-refractivity contribution in [1.82, 2.24) is 30.0 Å². The van der Waals surface area contributed by atoms with Crippen LogP contribution in [0, 0.1) is 5.92 Å². The highest BCUT2D eigenvalue weighted by Gasteiger charge is 2.44. The number of aliphatic hydroxyl groups is 1. The fraction of sp³-hybridized carbons (Fsp3) is 0.429. The molecule has 3 saturated heterocycles. The molecule has 4 amide bonds. The first-order chi connectivity index (χ1) is 27.7. The van der Waals surface area contributed by atoms with E-state index in [2.05, 4.69) is 36.5 Å². The molecule has 1 saturated carbocycles. The van der Waals surface area contributed by atoms with Gasteiger partial charge in [-0.1, -0.05) is 18.2 Å². The van der Waals surface area contributed by atoms with Crippen molar-refractivity contribution in [1.29, 1.82) is 0 Å². The number of aromatic nitrogens is 4. The number of imide groups is 1. The Balaban J connectivity index is 0.840. The van der Waals surface area contributed by atoms with Crippen molar-refractivity contribution >= 4 is 56.6 Å². The summed E-state index contributed by atoms with van der Waals surface area (Å²) in [6, 6.07) is 13.4. The second kappa shape index (κ2) is 14.3. The van der Waals surface area contributed by atoms with Crippen LogP contribution >= 0.6 is 0 Å². The Labute approximate surface area is 332 Å². The Bertz CT molecular complexity index is 2440. The van der Waals surface area contributed by atoms with Crippen LogP contribution in [0.3, 0.4) is 0 Å². The predicted octanol–water partition coefficient (Wildman–Crippen LogP) is 6.62. The Morgan fingerprint density at radius 2 is 1.74 bits per heavy atom. The third-order valence-corrected chi connectivity index (χ3v) is 12.3. The first-order valence-corrected chi connectivity index (χ1v) is 19.8. The molecule has 9 rings (SSSR count). The van der Waals surface area contributed by atoms with Crippen molar-refractivity contribution in [3.63, 3.8) is 0 Å². The lowest BCUT2D eigenvalue weighted by Gasteiger charge is -2.39. The van der Waals surface area contributed by atoms with E-state index < -0.39 is 29.4 Å². The molecule has 2 atom stereocenters. The van der Waals surface area contributed by atoms with Crippen molar-refractivity contribution in [3.8, 4) is 0 Å². The van der Waals surface area contributed by atoms with E-state index in [9.17, 15) is 32.7 Å². The van der Waals surface area contributed by atoms with E-state index in [0.717, 1.165) is 85.7 Å². The number of benzene rings is 2. The SMILES string of the molecule is CC(C)(O)c1cc2nn([C@H]3CC[C@H](CN4C[C@@H]5C[C@H]4CN5c4cccc5c(N6CCC(=O)NC6=O)cncc45)CC3)cc2cc1NC(=O)c1cccc(C(F)(F)F)n1. The second-order valence-electron chi connectivity index (χ2n) is 16.6. The van der Waals surface area contributed by atoms with E-state index in [1.54, 1.807) is 37.1 Å². The zero-order valence-electron chi connectivity index (χ0n) is 32.2. The van der Waals surface area contributed by atoms with Crippen LogP contribution in [0.5, 0.6) is 0 Å². The number of piperazine rings is 1. The average molecular weight is 796 g/mol. The quantitative estimate of drug-likeness (QED) is 0.158. The van der Waals surface area contributed by atoms with E-state index in [1.807, 2.05) is 29.2 Å². The van der Waals surface area contributed by atoms with E-state index in [0.29, 0.717) is 41.3 Å². The van der Waals surface area contributed by atoms with E-state index in [4.69, 9.17) is 5.10 Å². The topological polar surface area (TPSA) is 149 Å².